The molecule has 7 nitrogen and oxygen atoms in total. The largest absolute Gasteiger partial charge is 0.472 e. The number of hydrogen-bond donors (Lipinski definition) is 4. The van der Waals surface area contributed by atoms with Crippen LogP contribution in [0.3, 0.4) is 0 Å². The summed E-state index contributed by atoms with van der Waals surface area (Å²) in [6.45, 7) is 0.831. The van der Waals surface area contributed by atoms with Crippen LogP contribution in [0.15, 0.2) is 151 Å². The van der Waals surface area contributed by atoms with Crippen molar-refractivity contribution in [2.24, 2.45) is 17.8 Å². The molecule has 1 aromatic carbocycles. The molecular formula is C39H38N6O. The van der Waals surface area contributed by atoms with E-state index < -0.39 is 0 Å². The molecule has 7 aliphatic rings. The number of benzene rings is 1. The number of pyridine rings is 1. The molecule has 0 spiro atoms. The van der Waals surface area contributed by atoms with Gasteiger partial charge in [0, 0.05) is 47.7 Å². The predicted octanol–water partition coefficient (Wildman–Crippen LogP) is 5.50. The van der Waals surface area contributed by atoms with Gasteiger partial charge >= 0.3 is 0 Å². The lowest BCUT2D eigenvalue weighted by Gasteiger charge is -2.36. The summed E-state index contributed by atoms with van der Waals surface area (Å²) in [7, 11) is 0. The van der Waals surface area contributed by atoms with Crippen LogP contribution in [-0.2, 0) is 4.74 Å². The SMILES string of the molecule is C1=CCC(C2NC3=C(O2)C2C4C=CC=CC4N(c4cccc(C5NC(c6ccncc6)=CC(C6=CCNC=C6)N5)c4)C2C=C3)C=C1. The number of nitrogens with one attached hydrogen (secondary N) is 4. The summed E-state index contributed by atoms with van der Waals surface area (Å²) in [5.41, 5.74) is 7.06. The Bertz CT molecular complexity index is 1790. The van der Waals surface area contributed by atoms with Gasteiger partial charge in [-0.25, -0.2) is 0 Å². The zero-order valence-corrected chi connectivity index (χ0v) is 25.5. The number of ether oxygens (including phenoxy) is 1. The molecule has 9 rings (SSSR count). The van der Waals surface area contributed by atoms with Gasteiger partial charge in [0.15, 0.2) is 6.23 Å². The highest BCUT2D eigenvalue weighted by Crippen LogP contribution is 2.50. The molecule has 0 radical (unpaired) electrons. The first-order chi connectivity index (χ1) is 22.8. The third-order valence-corrected chi connectivity index (χ3v) is 10.2. The number of rotatable bonds is 5. The van der Waals surface area contributed by atoms with Crippen molar-refractivity contribution >= 4 is 11.4 Å². The molecule has 1 saturated heterocycles. The number of nitrogens with zero attached hydrogens (tertiary/aromatic N) is 2. The van der Waals surface area contributed by atoms with E-state index in [1.165, 1.54) is 16.8 Å². The molecule has 46 heavy (non-hydrogen) atoms. The number of aromatic nitrogens is 1. The fourth-order valence-electron chi connectivity index (χ4n) is 8.05. The van der Waals surface area contributed by atoms with E-state index in [0.29, 0.717) is 11.8 Å². The van der Waals surface area contributed by atoms with E-state index in [4.69, 9.17) is 4.74 Å². The summed E-state index contributed by atoms with van der Waals surface area (Å²) in [6.07, 6.45) is 35.9. The molecule has 230 valence electrons. The highest BCUT2D eigenvalue weighted by molar-refractivity contribution is 5.67. The molecule has 8 unspecified atom stereocenters. The van der Waals surface area contributed by atoms with E-state index in [0.717, 1.165) is 35.7 Å². The fourth-order valence-corrected chi connectivity index (χ4v) is 8.05. The highest BCUT2D eigenvalue weighted by Gasteiger charge is 2.52. The van der Waals surface area contributed by atoms with E-state index in [9.17, 15) is 0 Å². The monoisotopic (exact) mass is 606 g/mol. The van der Waals surface area contributed by atoms with Crippen LogP contribution in [0.25, 0.3) is 5.70 Å². The van der Waals surface area contributed by atoms with Crippen LogP contribution in [0.1, 0.15) is 23.7 Å². The van der Waals surface area contributed by atoms with Crippen LogP contribution in [0.5, 0.6) is 0 Å². The second-order valence-electron chi connectivity index (χ2n) is 12.9. The first-order valence-corrected chi connectivity index (χ1v) is 16.5. The Morgan fingerprint density at radius 2 is 1.80 bits per heavy atom. The zero-order chi connectivity index (χ0) is 30.5. The van der Waals surface area contributed by atoms with Crippen molar-refractivity contribution in [3.8, 4) is 0 Å². The van der Waals surface area contributed by atoms with E-state index in [-0.39, 0.29) is 36.4 Å². The van der Waals surface area contributed by atoms with Crippen LogP contribution >= 0.6 is 0 Å². The fraction of sp³-hybridized carbons (Fsp3) is 0.256. The zero-order valence-electron chi connectivity index (χ0n) is 25.5. The van der Waals surface area contributed by atoms with Crippen LogP contribution < -0.4 is 26.2 Å². The second-order valence-corrected chi connectivity index (χ2v) is 12.9. The Hall–Kier alpha value is -5.01. The number of hydrogen-bond acceptors (Lipinski definition) is 7. The molecule has 8 atom stereocenters. The van der Waals surface area contributed by atoms with Crippen molar-refractivity contribution in [1.29, 1.82) is 0 Å². The Morgan fingerprint density at radius 1 is 0.891 bits per heavy atom. The molecule has 1 aromatic heterocycles. The molecule has 3 aliphatic carbocycles. The van der Waals surface area contributed by atoms with E-state index >= 15 is 0 Å². The van der Waals surface area contributed by atoms with Gasteiger partial charge in [-0.2, -0.15) is 0 Å². The van der Waals surface area contributed by atoms with Crippen LogP contribution in [0.2, 0.25) is 0 Å². The van der Waals surface area contributed by atoms with Crippen LogP contribution in [0.4, 0.5) is 5.69 Å². The first-order valence-electron chi connectivity index (χ1n) is 16.5. The van der Waals surface area contributed by atoms with Crippen molar-refractivity contribution in [2.75, 3.05) is 11.4 Å². The molecule has 4 N–H and O–H groups in total. The summed E-state index contributed by atoms with van der Waals surface area (Å²) < 4.78 is 6.80. The molecule has 1 fully saturated rings. The molecule has 2 aromatic rings. The van der Waals surface area contributed by atoms with Crippen molar-refractivity contribution in [2.45, 2.75) is 36.9 Å². The van der Waals surface area contributed by atoms with Gasteiger partial charge in [-0.3, -0.25) is 10.3 Å². The second kappa shape index (κ2) is 11.4. The lowest BCUT2D eigenvalue weighted by molar-refractivity contribution is 0.0699. The summed E-state index contributed by atoms with van der Waals surface area (Å²) in [6, 6.07) is 13.7. The van der Waals surface area contributed by atoms with Gasteiger partial charge in [0.25, 0.3) is 0 Å². The summed E-state index contributed by atoms with van der Waals surface area (Å²) in [4.78, 5) is 6.86. The van der Waals surface area contributed by atoms with Crippen LogP contribution in [0, 0.1) is 17.8 Å². The Balaban J connectivity index is 1.03. The van der Waals surface area contributed by atoms with Crippen molar-refractivity contribution < 1.29 is 4.74 Å². The van der Waals surface area contributed by atoms with Crippen molar-refractivity contribution in [1.82, 2.24) is 26.3 Å². The minimum Gasteiger partial charge on any atom is -0.472 e. The molecule has 0 amide bonds. The number of allylic oxidation sites excluding steroid dienone is 6. The number of dihydropyridines is 1. The smallest absolute Gasteiger partial charge is 0.176 e. The maximum absolute atomic E-state index is 6.80. The lowest BCUT2D eigenvalue weighted by atomic mass is 9.81. The minimum atomic E-state index is -0.0739. The average Bonchev–Trinajstić information content (AvgIpc) is 3.72. The maximum atomic E-state index is 6.80. The van der Waals surface area contributed by atoms with Gasteiger partial charge in [-0.15, -0.1) is 0 Å². The molecule has 7 heteroatoms. The Labute approximate surface area is 270 Å². The highest BCUT2D eigenvalue weighted by atomic mass is 16.5. The quantitative estimate of drug-likeness (QED) is 0.358. The molecule has 0 saturated carbocycles. The Morgan fingerprint density at radius 3 is 2.67 bits per heavy atom. The van der Waals surface area contributed by atoms with Gasteiger partial charge in [0.2, 0.25) is 0 Å². The molecule has 5 heterocycles. The molecular weight excluding hydrogens is 568 g/mol. The van der Waals surface area contributed by atoms with Gasteiger partial charge in [-0.1, -0.05) is 72.9 Å². The third kappa shape index (κ3) is 4.74. The van der Waals surface area contributed by atoms with Gasteiger partial charge in [0.1, 0.15) is 11.9 Å². The minimum absolute atomic E-state index is 0.0301. The van der Waals surface area contributed by atoms with Gasteiger partial charge in [0.05, 0.1) is 29.7 Å². The molecule has 4 aliphatic heterocycles. The predicted molar refractivity (Wildman–Crippen MR) is 183 cm³/mol. The standard InChI is InChI=1S/C39H38N6O/c1-2-7-27(8-3-1)39-44-31-13-14-35-36(37(31)46-39)30-11-4-5-12-34(30)45(35)29-10-6-9-28(23-29)38-42-32(25-15-19-40-20-16-25)24-33(43-38)26-17-21-41-22-18-26/h1-7,9-21,23-24,27,30,33-36,38-39,41-44H,8,22H2. The van der Waals surface area contributed by atoms with Crippen LogP contribution in [-0.4, -0.2) is 35.9 Å². The summed E-state index contributed by atoms with van der Waals surface area (Å²) >= 11 is 0. The first kappa shape index (κ1) is 27.3. The van der Waals surface area contributed by atoms with Gasteiger partial charge in [-0.05, 0) is 66.3 Å². The van der Waals surface area contributed by atoms with Gasteiger partial charge < -0.3 is 25.6 Å². The van der Waals surface area contributed by atoms with Crippen molar-refractivity contribution in [3.05, 3.63) is 162 Å². The average molecular weight is 607 g/mol. The van der Waals surface area contributed by atoms with Crippen molar-refractivity contribution in [3.63, 3.8) is 0 Å². The summed E-state index contributed by atoms with van der Waals surface area (Å²) in [5, 5.41) is 14.7. The number of fused-ring (bicyclic) bond motifs is 4. The van der Waals surface area contributed by atoms with E-state index in [2.05, 4.69) is 147 Å². The topological polar surface area (TPSA) is 73.5 Å². The maximum Gasteiger partial charge on any atom is 0.176 e. The lowest BCUT2D eigenvalue weighted by Crippen LogP contribution is -2.45. The van der Waals surface area contributed by atoms with E-state index in [1.54, 1.807) is 0 Å². The number of anilines is 1. The summed E-state index contributed by atoms with van der Waals surface area (Å²) in [5.74, 6) is 2.01. The third-order valence-electron chi connectivity index (χ3n) is 10.2. The molecule has 0 bridgehead atoms. The Kier molecular flexibility index (Phi) is 6.78. The van der Waals surface area contributed by atoms with E-state index in [1.807, 2.05) is 18.6 Å². The normalized spacial score (nSPS) is 33.3.